The van der Waals surface area contributed by atoms with Crippen LogP contribution in [0, 0.1) is 0 Å². The fraction of sp³-hybridized carbons (Fsp3) is 0.0500. The van der Waals surface area contributed by atoms with Gasteiger partial charge in [-0.05, 0) is 28.8 Å². The molecule has 0 spiro atoms. The van der Waals surface area contributed by atoms with E-state index in [4.69, 9.17) is 4.74 Å². The lowest BCUT2D eigenvalue weighted by atomic mass is 10.0. The maximum absolute atomic E-state index is 10.7. The van der Waals surface area contributed by atoms with Crippen LogP contribution in [0.1, 0.15) is 15.9 Å². The van der Waals surface area contributed by atoms with Gasteiger partial charge in [0.2, 0.25) is 0 Å². The lowest BCUT2D eigenvalue weighted by molar-refractivity contribution is 0.112. The minimum atomic E-state index is 0.564. The second-order valence-corrected chi connectivity index (χ2v) is 5.04. The zero-order valence-electron chi connectivity index (χ0n) is 12.1. The molecule has 22 heavy (non-hydrogen) atoms. The first-order chi connectivity index (χ1) is 10.8. The summed E-state index contributed by atoms with van der Waals surface area (Å²) in [5, 5.41) is 0. The first-order valence-electron chi connectivity index (χ1n) is 7.17. The van der Waals surface area contributed by atoms with E-state index < -0.39 is 0 Å². The number of rotatable bonds is 5. The number of hydrogen-bond acceptors (Lipinski definition) is 2. The summed E-state index contributed by atoms with van der Waals surface area (Å²) >= 11 is 0. The molecule has 108 valence electrons. The molecule has 0 heterocycles. The SMILES string of the molecule is O=Cc1ccc(-c2ccc(OCc3ccccc3)cc2)cc1. The van der Waals surface area contributed by atoms with E-state index in [1.54, 1.807) is 0 Å². The van der Waals surface area contributed by atoms with Gasteiger partial charge in [-0.15, -0.1) is 0 Å². The van der Waals surface area contributed by atoms with Crippen molar-refractivity contribution in [3.8, 4) is 16.9 Å². The second-order valence-electron chi connectivity index (χ2n) is 5.04. The third-order valence-electron chi connectivity index (χ3n) is 3.48. The zero-order valence-corrected chi connectivity index (χ0v) is 12.1. The quantitative estimate of drug-likeness (QED) is 0.634. The van der Waals surface area contributed by atoms with Crippen molar-refractivity contribution in [1.82, 2.24) is 0 Å². The molecule has 0 atom stereocenters. The molecule has 0 radical (unpaired) electrons. The molecule has 0 aliphatic heterocycles. The van der Waals surface area contributed by atoms with Crippen LogP contribution in [0.4, 0.5) is 0 Å². The first-order valence-corrected chi connectivity index (χ1v) is 7.17. The molecule has 3 aromatic rings. The number of aldehydes is 1. The van der Waals surface area contributed by atoms with Gasteiger partial charge < -0.3 is 4.74 Å². The largest absolute Gasteiger partial charge is 0.489 e. The minimum Gasteiger partial charge on any atom is -0.489 e. The summed E-state index contributed by atoms with van der Waals surface area (Å²) in [4.78, 5) is 10.7. The predicted molar refractivity (Wildman–Crippen MR) is 88.0 cm³/mol. The van der Waals surface area contributed by atoms with Crippen molar-refractivity contribution in [2.45, 2.75) is 6.61 Å². The summed E-state index contributed by atoms with van der Waals surface area (Å²) in [6.45, 7) is 0.564. The van der Waals surface area contributed by atoms with Crippen molar-refractivity contribution in [2.75, 3.05) is 0 Å². The van der Waals surface area contributed by atoms with Gasteiger partial charge in [-0.2, -0.15) is 0 Å². The van der Waals surface area contributed by atoms with E-state index >= 15 is 0 Å². The van der Waals surface area contributed by atoms with Crippen LogP contribution in [0.5, 0.6) is 5.75 Å². The van der Waals surface area contributed by atoms with E-state index in [0.29, 0.717) is 12.2 Å². The number of ether oxygens (including phenoxy) is 1. The Balaban J connectivity index is 1.68. The van der Waals surface area contributed by atoms with Gasteiger partial charge in [0.25, 0.3) is 0 Å². The lowest BCUT2D eigenvalue weighted by Gasteiger charge is -2.07. The van der Waals surface area contributed by atoms with Gasteiger partial charge in [0.05, 0.1) is 0 Å². The van der Waals surface area contributed by atoms with Crippen molar-refractivity contribution < 1.29 is 9.53 Å². The van der Waals surface area contributed by atoms with E-state index in [-0.39, 0.29) is 0 Å². The molecule has 3 aromatic carbocycles. The fourth-order valence-corrected chi connectivity index (χ4v) is 2.24. The number of carbonyl (C=O) groups is 1. The smallest absolute Gasteiger partial charge is 0.150 e. The van der Waals surface area contributed by atoms with Crippen LogP contribution in [0.15, 0.2) is 78.9 Å². The maximum Gasteiger partial charge on any atom is 0.150 e. The average Bonchev–Trinajstić information content (AvgIpc) is 2.61. The van der Waals surface area contributed by atoms with Crippen LogP contribution < -0.4 is 4.74 Å². The number of carbonyl (C=O) groups excluding carboxylic acids is 1. The van der Waals surface area contributed by atoms with Gasteiger partial charge in [0, 0.05) is 5.56 Å². The monoisotopic (exact) mass is 288 g/mol. The van der Waals surface area contributed by atoms with Gasteiger partial charge in [0.1, 0.15) is 18.6 Å². The van der Waals surface area contributed by atoms with Gasteiger partial charge in [-0.3, -0.25) is 4.79 Å². The Morgan fingerprint density at radius 1 is 0.727 bits per heavy atom. The molecule has 0 bridgehead atoms. The van der Waals surface area contributed by atoms with Crippen molar-refractivity contribution in [1.29, 1.82) is 0 Å². The van der Waals surface area contributed by atoms with Crippen molar-refractivity contribution in [2.24, 2.45) is 0 Å². The Bertz CT molecular complexity index is 729. The van der Waals surface area contributed by atoms with Crippen molar-refractivity contribution in [3.63, 3.8) is 0 Å². The fourth-order valence-electron chi connectivity index (χ4n) is 2.24. The van der Waals surface area contributed by atoms with E-state index in [1.165, 1.54) is 0 Å². The Kier molecular flexibility index (Phi) is 4.30. The second kappa shape index (κ2) is 6.72. The predicted octanol–water partition coefficient (Wildman–Crippen LogP) is 4.75. The van der Waals surface area contributed by atoms with Crippen LogP contribution >= 0.6 is 0 Å². The van der Waals surface area contributed by atoms with Gasteiger partial charge in [-0.1, -0.05) is 66.7 Å². The first kappa shape index (κ1) is 14.1. The summed E-state index contributed by atoms with van der Waals surface area (Å²) < 4.78 is 5.77. The van der Waals surface area contributed by atoms with Crippen LogP contribution in [0.2, 0.25) is 0 Å². The standard InChI is InChI=1S/C20H16O2/c21-14-16-6-8-18(9-7-16)19-10-12-20(13-11-19)22-15-17-4-2-1-3-5-17/h1-14H,15H2. The van der Waals surface area contributed by atoms with E-state index in [2.05, 4.69) is 0 Å². The normalized spacial score (nSPS) is 10.2. The Labute approximate surface area is 130 Å². The summed E-state index contributed by atoms with van der Waals surface area (Å²) in [5.41, 5.74) is 4.02. The molecule has 2 nitrogen and oxygen atoms in total. The van der Waals surface area contributed by atoms with E-state index in [1.807, 2.05) is 78.9 Å². The summed E-state index contributed by atoms with van der Waals surface area (Å²) in [6, 6.07) is 25.6. The van der Waals surface area contributed by atoms with E-state index in [0.717, 1.165) is 28.7 Å². The maximum atomic E-state index is 10.7. The highest BCUT2D eigenvalue weighted by Crippen LogP contribution is 2.23. The van der Waals surface area contributed by atoms with Crippen molar-refractivity contribution in [3.05, 3.63) is 90.0 Å². The molecule has 3 rings (SSSR count). The number of benzene rings is 3. The molecule has 0 aliphatic rings. The van der Waals surface area contributed by atoms with Gasteiger partial charge in [-0.25, -0.2) is 0 Å². The number of hydrogen-bond donors (Lipinski definition) is 0. The summed E-state index contributed by atoms with van der Waals surface area (Å²) in [6.07, 6.45) is 0.851. The van der Waals surface area contributed by atoms with Gasteiger partial charge in [0.15, 0.2) is 0 Å². The molecule has 0 saturated carbocycles. The molecule has 0 aromatic heterocycles. The molecule has 0 aliphatic carbocycles. The molecule has 0 N–H and O–H groups in total. The van der Waals surface area contributed by atoms with E-state index in [9.17, 15) is 4.79 Å². The summed E-state index contributed by atoms with van der Waals surface area (Å²) in [5.74, 6) is 0.845. The minimum absolute atomic E-state index is 0.564. The molecule has 0 fully saturated rings. The Morgan fingerprint density at radius 3 is 1.91 bits per heavy atom. The molecular weight excluding hydrogens is 272 g/mol. The molecule has 0 unspecified atom stereocenters. The average molecular weight is 288 g/mol. The van der Waals surface area contributed by atoms with Gasteiger partial charge >= 0.3 is 0 Å². The third-order valence-corrected chi connectivity index (χ3v) is 3.48. The molecular formula is C20H16O2. The molecule has 2 heteroatoms. The van der Waals surface area contributed by atoms with Crippen molar-refractivity contribution >= 4 is 6.29 Å². The van der Waals surface area contributed by atoms with Crippen LogP contribution in [0.3, 0.4) is 0 Å². The van der Waals surface area contributed by atoms with Crippen LogP contribution in [-0.4, -0.2) is 6.29 Å². The summed E-state index contributed by atoms with van der Waals surface area (Å²) in [7, 11) is 0. The third kappa shape index (κ3) is 3.41. The topological polar surface area (TPSA) is 26.3 Å². The highest BCUT2D eigenvalue weighted by Gasteiger charge is 2.00. The molecule has 0 amide bonds. The highest BCUT2D eigenvalue weighted by atomic mass is 16.5. The van der Waals surface area contributed by atoms with Crippen LogP contribution in [-0.2, 0) is 6.61 Å². The van der Waals surface area contributed by atoms with Crippen LogP contribution in [0.25, 0.3) is 11.1 Å². The highest BCUT2D eigenvalue weighted by molar-refractivity contribution is 5.77. The Morgan fingerprint density at radius 2 is 1.32 bits per heavy atom. The zero-order chi connectivity index (χ0) is 15.2. The lowest BCUT2D eigenvalue weighted by Crippen LogP contribution is -1.94. The molecule has 0 saturated heterocycles. The Hall–Kier alpha value is -2.87.